The van der Waals surface area contributed by atoms with Gasteiger partial charge in [-0.15, -0.1) is 0 Å². The lowest BCUT2D eigenvalue weighted by atomic mass is 10.0. The molecule has 0 unspecified atom stereocenters. The Labute approximate surface area is 165 Å². The van der Waals surface area contributed by atoms with E-state index in [4.69, 9.17) is 4.74 Å². The van der Waals surface area contributed by atoms with E-state index >= 15 is 0 Å². The van der Waals surface area contributed by atoms with E-state index in [0.29, 0.717) is 22.4 Å². The smallest absolute Gasteiger partial charge is 0.416 e. The molecule has 0 aliphatic heterocycles. The quantitative estimate of drug-likeness (QED) is 0.429. The molecule has 1 aromatic carbocycles. The number of H-pyrrole nitrogens is 1. The van der Waals surface area contributed by atoms with E-state index in [2.05, 4.69) is 4.98 Å². The van der Waals surface area contributed by atoms with Crippen molar-refractivity contribution in [3.05, 3.63) is 64.0 Å². The monoisotopic (exact) mass is 407 g/mol. The SMILES string of the molecule is CC(=O)c1c(C)[nH]c(C(=O)[C@H](C)OC(=O)/C=C/c2ccc(C(F)(F)F)cc2)c1C. The van der Waals surface area contributed by atoms with Gasteiger partial charge in [-0.2, -0.15) is 13.2 Å². The molecule has 2 rings (SSSR count). The molecule has 0 bridgehead atoms. The molecule has 0 amide bonds. The number of carbonyl (C=O) groups is 3. The number of rotatable bonds is 6. The standard InChI is InChI=1S/C21H20F3NO4/c1-11-18(13(3)26)12(2)25-19(11)20(28)14(4)29-17(27)10-7-15-5-8-16(9-6-15)21(22,23)24/h5-10,14,25H,1-4H3/b10-7+/t14-/m0/s1. The van der Waals surface area contributed by atoms with Crippen molar-refractivity contribution in [2.75, 3.05) is 0 Å². The number of hydrogen-bond acceptors (Lipinski definition) is 4. The first-order chi connectivity index (χ1) is 13.4. The number of Topliss-reactive ketones (excluding diaryl/α,β-unsaturated/α-hetero) is 2. The van der Waals surface area contributed by atoms with Crippen LogP contribution in [0, 0.1) is 13.8 Å². The van der Waals surface area contributed by atoms with Crippen molar-refractivity contribution < 1.29 is 32.3 Å². The second-order valence-electron chi connectivity index (χ2n) is 6.58. The fraction of sp³-hybridized carbons (Fsp3) is 0.286. The Bertz CT molecular complexity index is 969. The Morgan fingerprint density at radius 1 is 1.10 bits per heavy atom. The van der Waals surface area contributed by atoms with Crippen molar-refractivity contribution >= 4 is 23.6 Å². The van der Waals surface area contributed by atoms with Crippen molar-refractivity contribution in [2.24, 2.45) is 0 Å². The number of aryl methyl sites for hydroxylation is 1. The van der Waals surface area contributed by atoms with Gasteiger partial charge in [-0.25, -0.2) is 4.79 Å². The van der Waals surface area contributed by atoms with Crippen LogP contribution in [-0.2, 0) is 15.7 Å². The third-order valence-corrected chi connectivity index (χ3v) is 4.35. The summed E-state index contributed by atoms with van der Waals surface area (Å²) in [6.07, 6.45) is -3.23. The molecule has 1 N–H and O–H groups in total. The topological polar surface area (TPSA) is 76.2 Å². The number of esters is 1. The highest BCUT2D eigenvalue weighted by atomic mass is 19.4. The van der Waals surface area contributed by atoms with Gasteiger partial charge in [0.25, 0.3) is 0 Å². The average molecular weight is 407 g/mol. The van der Waals surface area contributed by atoms with E-state index in [1.54, 1.807) is 13.8 Å². The highest BCUT2D eigenvalue weighted by molar-refractivity contribution is 6.05. The molecule has 0 spiro atoms. The maximum absolute atomic E-state index is 12.5. The molecule has 1 aromatic heterocycles. The average Bonchev–Trinajstić information content (AvgIpc) is 2.93. The molecule has 0 radical (unpaired) electrons. The number of alkyl halides is 3. The second kappa shape index (κ2) is 8.46. The van der Waals surface area contributed by atoms with Gasteiger partial charge in [0, 0.05) is 17.3 Å². The number of nitrogens with one attached hydrogen (secondary N) is 1. The van der Waals surface area contributed by atoms with E-state index in [0.717, 1.165) is 18.2 Å². The fourth-order valence-corrected chi connectivity index (χ4v) is 2.94. The number of halogens is 3. The lowest BCUT2D eigenvalue weighted by molar-refractivity contribution is -0.140. The highest BCUT2D eigenvalue weighted by Gasteiger charge is 2.30. The van der Waals surface area contributed by atoms with Crippen LogP contribution in [0.1, 0.15) is 57.1 Å². The maximum atomic E-state index is 12.5. The van der Waals surface area contributed by atoms with E-state index in [-0.39, 0.29) is 11.5 Å². The summed E-state index contributed by atoms with van der Waals surface area (Å²) in [5, 5.41) is 0. The molecule has 0 fully saturated rings. The molecule has 1 atom stereocenters. The van der Waals surface area contributed by atoms with E-state index in [9.17, 15) is 27.6 Å². The Kier molecular flexibility index (Phi) is 6.46. The minimum atomic E-state index is -4.44. The van der Waals surface area contributed by atoms with Gasteiger partial charge in [0.15, 0.2) is 11.9 Å². The summed E-state index contributed by atoms with van der Waals surface area (Å²) in [6.45, 7) is 6.10. The minimum absolute atomic E-state index is 0.181. The number of aromatic nitrogens is 1. The molecule has 8 heteroatoms. The molecule has 1 heterocycles. The molecule has 0 saturated carbocycles. The summed E-state index contributed by atoms with van der Waals surface area (Å²) in [4.78, 5) is 39.0. The van der Waals surface area contributed by atoms with Crippen molar-refractivity contribution in [1.82, 2.24) is 4.98 Å². The summed E-state index contributed by atoms with van der Waals surface area (Å²) >= 11 is 0. The van der Waals surface area contributed by atoms with Gasteiger partial charge in [-0.05, 0) is 57.0 Å². The van der Waals surface area contributed by atoms with E-state index < -0.39 is 29.6 Å². The number of aromatic amines is 1. The van der Waals surface area contributed by atoms with Crippen LogP contribution >= 0.6 is 0 Å². The predicted molar refractivity (Wildman–Crippen MR) is 101 cm³/mol. The molecule has 29 heavy (non-hydrogen) atoms. The zero-order chi connectivity index (χ0) is 21.9. The van der Waals surface area contributed by atoms with Crippen LogP contribution in [0.4, 0.5) is 13.2 Å². The third kappa shape index (κ3) is 5.22. The van der Waals surface area contributed by atoms with Crippen molar-refractivity contribution in [3.8, 4) is 0 Å². The Balaban J connectivity index is 2.05. The van der Waals surface area contributed by atoms with Gasteiger partial charge in [-0.3, -0.25) is 9.59 Å². The third-order valence-electron chi connectivity index (χ3n) is 4.35. The van der Waals surface area contributed by atoms with Crippen molar-refractivity contribution in [3.63, 3.8) is 0 Å². The number of ketones is 2. The zero-order valence-corrected chi connectivity index (χ0v) is 16.3. The van der Waals surface area contributed by atoms with Gasteiger partial charge < -0.3 is 9.72 Å². The summed E-state index contributed by atoms with van der Waals surface area (Å²) in [5.74, 6) is -1.49. The summed E-state index contributed by atoms with van der Waals surface area (Å²) in [7, 11) is 0. The van der Waals surface area contributed by atoms with E-state index in [1.165, 1.54) is 32.1 Å². The Hall–Kier alpha value is -3.16. The molecular formula is C21H20F3NO4. The van der Waals surface area contributed by atoms with Crippen LogP contribution in [0.2, 0.25) is 0 Å². The second-order valence-corrected chi connectivity index (χ2v) is 6.58. The van der Waals surface area contributed by atoms with Crippen LogP contribution in [0.5, 0.6) is 0 Å². The number of benzene rings is 1. The first-order valence-electron chi connectivity index (χ1n) is 8.72. The zero-order valence-electron chi connectivity index (χ0n) is 16.3. The van der Waals surface area contributed by atoms with Gasteiger partial charge >= 0.3 is 12.1 Å². The van der Waals surface area contributed by atoms with Gasteiger partial charge in [-0.1, -0.05) is 12.1 Å². The first-order valence-corrected chi connectivity index (χ1v) is 8.72. The lowest BCUT2D eigenvalue weighted by Crippen LogP contribution is -2.24. The van der Waals surface area contributed by atoms with Crippen LogP contribution in [0.15, 0.2) is 30.3 Å². The molecular weight excluding hydrogens is 387 g/mol. The molecule has 154 valence electrons. The number of carbonyl (C=O) groups excluding carboxylic acids is 3. The maximum Gasteiger partial charge on any atom is 0.416 e. The van der Waals surface area contributed by atoms with Gasteiger partial charge in [0.1, 0.15) is 0 Å². The van der Waals surface area contributed by atoms with Gasteiger partial charge in [0.2, 0.25) is 5.78 Å². The van der Waals surface area contributed by atoms with Crippen LogP contribution < -0.4 is 0 Å². The number of ether oxygens (including phenoxy) is 1. The van der Waals surface area contributed by atoms with Crippen LogP contribution in [0.25, 0.3) is 6.08 Å². The molecule has 0 aliphatic carbocycles. The van der Waals surface area contributed by atoms with Crippen LogP contribution in [-0.4, -0.2) is 28.6 Å². The molecule has 0 aliphatic rings. The van der Waals surface area contributed by atoms with E-state index in [1.807, 2.05) is 0 Å². The van der Waals surface area contributed by atoms with Gasteiger partial charge in [0.05, 0.1) is 11.3 Å². The summed E-state index contributed by atoms with van der Waals surface area (Å²) < 4.78 is 42.7. The Morgan fingerprint density at radius 3 is 2.17 bits per heavy atom. The molecule has 0 saturated heterocycles. The Morgan fingerprint density at radius 2 is 1.69 bits per heavy atom. The normalized spacial score (nSPS) is 12.8. The highest BCUT2D eigenvalue weighted by Crippen LogP contribution is 2.29. The summed E-state index contributed by atoms with van der Waals surface area (Å²) in [6, 6.07) is 4.24. The predicted octanol–water partition coefficient (Wildman–Crippen LogP) is 4.68. The summed E-state index contributed by atoms with van der Waals surface area (Å²) in [5.41, 5.74) is 1.24. The molecule has 2 aromatic rings. The lowest BCUT2D eigenvalue weighted by Gasteiger charge is -2.10. The minimum Gasteiger partial charge on any atom is -0.451 e. The fourth-order valence-electron chi connectivity index (χ4n) is 2.94. The largest absolute Gasteiger partial charge is 0.451 e. The number of hydrogen-bond donors (Lipinski definition) is 1. The van der Waals surface area contributed by atoms with Crippen LogP contribution in [0.3, 0.4) is 0 Å². The van der Waals surface area contributed by atoms with Crippen molar-refractivity contribution in [1.29, 1.82) is 0 Å². The first kappa shape index (κ1) is 22.1. The molecule has 5 nitrogen and oxygen atoms in total. The van der Waals surface area contributed by atoms with Crippen molar-refractivity contribution in [2.45, 2.75) is 40.0 Å².